The largest absolute Gasteiger partial charge is 0.374 e. The van der Waals surface area contributed by atoms with E-state index in [0.29, 0.717) is 0 Å². The Hall–Kier alpha value is -0.0800. The van der Waals surface area contributed by atoms with Crippen LogP contribution in [0.25, 0.3) is 0 Å². The van der Waals surface area contributed by atoms with Gasteiger partial charge in [0.25, 0.3) is 0 Å². The van der Waals surface area contributed by atoms with Gasteiger partial charge >= 0.3 is 0 Å². The zero-order valence-electron chi connectivity index (χ0n) is 12.2. The maximum absolute atomic E-state index is 6.33. The van der Waals surface area contributed by atoms with E-state index in [1.165, 1.54) is 70.6 Å². The van der Waals surface area contributed by atoms with E-state index in [1.807, 2.05) is 0 Å². The monoisotopic (exact) mass is 253 g/mol. The van der Waals surface area contributed by atoms with Crippen molar-refractivity contribution in [2.45, 2.75) is 89.2 Å². The molecular weight excluding hydrogens is 222 g/mol. The van der Waals surface area contributed by atoms with Crippen molar-refractivity contribution in [3.05, 3.63) is 0 Å². The number of ether oxygens (including phenoxy) is 1. The van der Waals surface area contributed by atoms with Crippen molar-refractivity contribution >= 4 is 0 Å². The van der Waals surface area contributed by atoms with Crippen molar-refractivity contribution in [3.63, 3.8) is 0 Å². The molecule has 0 spiro atoms. The Kier molecular flexibility index (Phi) is 5.97. The maximum Gasteiger partial charge on any atom is 0.0806 e. The van der Waals surface area contributed by atoms with Gasteiger partial charge in [-0.25, -0.2) is 0 Å². The zero-order chi connectivity index (χ0) is 12.7. The fourth-order valence-electron chi connectivity index (χ4n) is 3.00. The normalized spacial score (nSPS) is 23.2. The Morgan fingerprint density at radius 2 is 1.83 bits per heavy atom. The Morgan fingerprint density at radius 3 is 2.50 bits per heavy atom. The molecule has 2 rings (SSSR count). The molecule has 0 radical (unpaired) electrons. The van der Waals surface area contributed by atoms with E-state index >= 15 is 0 Å². The van der Waals surface area contributed by atoms with Crippen LogP contribution in [0, 0.1) is 0 Å². The highest BCUT2D eigenvalue weighted by molar-refractivity contribution is 4.91. The predicted octanol–water partition coefficient (Wildman–Crippen LogP) is 4.04. The van der Waals surface area contributed by atoms with Gasteiger partial charge in [-0.15, -0.1) is 0 Å². The minimum absolute atomic E-state index is 0.188. The first-order chi connectivity index (χ1) is 8.85. The Labute approximate surface area is 113 Å². The highest BCUT2D eigenvalue weighted by atomic mass is 16.5. The molecule has 106 valence electrons. The highest BCUT2D eigenvalue weighted by Gasteiger charge is 2.34. The van der Waals surface area contributed by atoms with Gasteiger partial charge in [-0.1, -0.05) is 45.4 Å². The molecule has 0 atom stereocenters. The van der Waals surface area contributed by atoms with E-state index in [9.17, 15) is 0 Å². The first-order valence-electron chi connectivity index (χ1n) is 8.22. The summed E-state index contributed by atoms with van der Waals surface area (Å²) in [5.74, 6) is 0. The van der Waals surface area contributed by atoms with E-state index in [0.717, 1.165) is 19.2 Å². The number of hydrogen-bond donors (Lipinski definition) is 1. The quantitative estimate of drug-likeness (QED) is 0.626. The molecule has 2 fully saturated rings. The Bertz CT molecular complexity index is 219. The van der Waals surface area contributed by atoms with Crippen molar-refractivity contribution < 1.29 is 4.74 Å². The number of rotatable bonds is 9. The third-order valence-electron chi connectivity index (χ3n) is 4.46. The summed E-state index contributed by atoms with van der Waals surface area (Å²) in [7, 11) is 0. The van der Waals surface area contributed by atoms with Crippen LogP contribution >= 0.6 is 0 Å². The maximum atomic E-state index is 6.33. The van der Waals surface area contributed by atoms with Crippen LogP contribution in [0.1, 0.15) is 77.6 Å². The van der Waals surface area contributed by atoms with Gasteiger partial charge < -0.3 is 10.1 Å². The third kappa shape index (κ3) is 4.89. The first-order valence-corrected chi connectivity index (χ1v) is 8.22. The second kappa shape index (κ2) is 7.49. The fraction of sp³-hybridized carbons (Fsp3) is 1.00. The van der Waals surface area contributed by atoms with Gasteiger partial charge in [0.2, 0.25) is 0 Å². The average molecular weight is 253 g/mol. The molecule has 2 aliphatic carbocycles. The second-order valence-corrected chi connectivity index (χ2v) is 6.31. The summed E-state index contributed by atoms with van der Waals surface area (Å²) in [4.78, 5) is 0. The van der Waals surface area contributed by atoms with Crippen LogP contribution in [0.15, 0.2) is 0 Å². The van der Waals surface area contributed by atoms with Gasteiger partial charge in [0.15, 0.2) is 0 Å². The van der Waals surface area contributed by atoms with Crippen molar-refractivity contribution in [1.29, 1.82) is 0 Å². The molecule has 0 amide bonds. The lowest BCUT2D eigenvalue weighted by molar-refractivity contribution is -0.0698. The minimum Gasteiger partial charge on any atom is -0.374 e. The summed E-state index contributed by atoms with van der Waals surface area (Å²) in [6.45, 7) is 4.35. The molecule has 0 bridgehead atoms. The highest BCUT2D eigenvalue weighted by Crippen LogP contribution is 2.32. The van der Waals surface area contributed by atoms with Crippen LogP contribution in [0.3, 0.4) is 0 Å². The predicted molar refractivity (Wildman–Crippen MR) is 76.9 cm³/mol. The van der Waals surface area contributed by atoms with Crippen LogP contribution < -0.4 is 5.32 Å². The van der Waals surface area contributed by atoms with Crippen LogP contribution in [-0.2, 0) is 4.74 Å². The molecule has 2 saturated carbocycles. The Morgan fingerprint density at radius 1 is 1.06 bits per heavy atom. The van der Waals surface area contributed by atoms with E-state index in [4.69, 9.17) is 4.74 Å². The van der Waals surface area contributed by atoms with E-state index < -0.39 is 0 Å². The van der Waals surface area contributed by atoms with E-state index in [1.54, 1.807) is 0 Å². The summed E-state index contributed by atoms with van der Waals surface area (Å²) in [5.41, 5.74) is 0.188. The van der Waals surface area contributed by atoms with Crippen LogP contribution in [0.4, 0.5) is 0 Å². The molecule has 0 aromatic rings. The molecule has 2 nitrogen and oxygen atoms in total. The molecule has 1 N–H and O–H groups in total. The van der Waals surface area contributed by atoms with E-state index in [-0.39, 0.29) is 5.60 Å². The molecule has 0 saturated heterocycles. The molecule has 0 aromatic carbocycles. The molecule has 0 heterocycles. The standard InChI is InChI=1S/C16H31NO/c1-2-3-4-8-13-18-16(11-6-5-7-12-16)14-17-15-9-10-15/h15,17H,2-14H2,1H3. The van der Waals surface area contributed by atoms with E-state index in [2.05, 4.69) is 12.2 Å². The molecule has 2 aliphatic rings. The summed E-state index contributed by atoms with van der Waals surface area (Å²) in [6.07, 6.45) is 14.7. The average Bonchev–Trinajstić information content (AvgIpc) is 3.22. The summed E-state index contributed by atoms with van der Waals surface area (Å²) in [6, 6.07) is 0.812. The lowest BCUT2D eigenvalue weighted by Crippen LogP contribution is -2.45. The third-order valence-corrected chi connectivity index (χ3v) is 4.46. The van der Waals surface area contributed by atoms with Crippen molar-refractivity contribution in [2.75, 3.05) is 13.2 Å². The summed E-state index contributed by atoms with van der Waals surface area (Å²) >= 11 is 0. The van der Waals surface area contributed by atoms with Crippen LogP contribution in [0.2, 0.25) is 0 Å². The van der Waals surface area contributed by atoms with Crippen LogP contribution in [-0.4, -0.2) is 24.8 Å². The molecular formula is C16H31NO. The van der Waals surface area contributed by atoms with Crippen molar-refractivity contribution in [2.24, 2.45) is 0 Å². The second-order valence-electron chi connectivity index (χ2n) is 6.31. The molecule has 0 unspecified atom stereocenters. The van der Waals surface area contributed by atoms with Crippen LogP contribution in [0.5, 0.6) is 0 Å². The topological polar surface area (TPSA) is 21.3 Å². The SMILES string of the molecule is CCCCCCOC1(CNC2CC2)CCCCC1. The summed E-state index contributed by atoms with van der Waals surface area (Å²) < 4.78 is 6.33. The smallest absolute Gasteiger partial charge is 0.0806 e. The molecule has 0 aliphatic heterocycles. The van der Waals surface area contributed by atoms with Gasteiger partial charge in [0.1, 0.15) is 0 Å². The zero-order valence-corrected chi connectivity index (χ0v) is 12.2. The van der Waals surface area contributed by atoms with Gasteiger partial charge in [-0.3, -0.25) is 0 Å². The lowest BCUT2D eigenvalue weighted by Gasteiger charge is -2.37. The lowest BCUT2D eigenvalue weighted by atomic mass is 9.84. The number of nitrogens with one attached hydrogen (secondary N) is 1. The number of hydrogen-bond acceptors (Lipinski definition) is 2. The van der Waals surface area contributed by atoms with Crippen molar-refractivity contribution in [3.8, 4) is 0 Å². The minimum atomic E-state index is 0.188. The number of unbranched alkanes of at least 4 members (excludes halogenated alkanes) is 3. The van der Waals surface area contributed by atoms with Crippen molar-refractivity contribution in [1.82, 2.24) is 5.32 Å². The van der Waals surface area contributed by atoms with Gasteiger partial charge in [0.05, 0.1) is 5.60 Å². The van der Waals surface area contributed by atoms with Gasteiger partial charge in [-0.2, -0.15) is 0 Å². The Balaban J connectivity index is 1.68. The molecule has 2 heteroatoms. The first kappa shape index (κ1) is 14.3. The summed E-state index contributed by atoms with van der Waals surface area (Å²) in [5, 5.41) is 3.69. The van der Waals surface area contributed by atoms with Gasteiger partial charge in [0, 0.05) is 19.2 Å². The molecule has 18 heavy (non-hydrogen) atoms. The molecule has 0 aromatic heterocycles. The fourth-order valence-corrected chi connectivity index (χ4v) is 3.00. The van der Waals surface area contributed by atoms with Gasteiger partial charge in [-0.05, 0) is 32.1 Å².